The Balaban J connectivity index is 1.70. The fourth-order valence-electron chi connectivity index (χ4n) is 4.01. The van der Waals surface area contributed by atoms with Gasteiger partial charge in [0.15, 0.2) is 11.5 Å². The molecule has 9 heteroatoms. The van der Waals surface area contributed by atoms with Crippen LogP contribution in [0.5, 0.6) is 11.5 Å². The van der Waals surface area contributed by atoms with Crippen LogP contribution in [0.25, 0.3) is 0 Å². The third kappa shape index (κ3) is 5.95. The van der Waals surface area contributed by atoms with Gasteiger partial charge < -0.3 is 14.8 Å². The second kappa shape index (κ2) is 11.8. The normalized spacial score (nSPS) is 11.2. The number of anilines is 1. The van der Waals surface area contributed by atoms with Crippen molar-refractivity contribution in [1.29, 1.82) is 0 Å². The van der Waals surface area contributed by atoms with Gasteiger partial charge in [-0.1, -0.05) is 60.7 Å². The number of nitrogens with zero attached hydrogens (tertiary/aromatic N) is 1. The fourth-order valence-corrected chi connectivity index (χ4v) is 5.45. The van der Waals surface area contributed by atoms with Crippen molar-refractivity contribution in [1.82, 2.24) is 5.32 Å². The van der Waals surface area contributed by atoms with Crippen LogP contribution in [-0.2, 0) is 14.8 Å². The molecule has 38 heavy (non-hydrogen) atoms. The highest BCUT2D eigenvalue weighted by Crippen LogP contribution is 2.32. The van der Waals surface area contributed by atoms with Crippen molar-refractivity contribution in [3.63, 3.8) is 0 Å². The lowest BCUT2D eigenvalue weighted by Crippen LogP contribution is -2.42. The summed E-state index contributed by atoms with van der Waals surface area (Å²) in [6.07, 6.45) is 0. The van der Waals surface area contributed by atoms with Gasteiger partial charge in [0.2, 0.25) is 5.91 Å². The van der Waals surface area contributed by atoms with Crippen LogP contribution < -0.4 is 19.1 Å². The maximum absolute atomic E-state index is 13.8. The number of carbonyl (C=O) groups is 1. The minimum atomic E-state index is -4.27. The summed E-state index contributed by atoms with van der Waals surface area (Å²) in [7, 11) is -1.43. The van der Waals surface area contributed by atoms with Gasteiger partial charge in [0.1, 0.15) is 12.4 Å². The standard InChI is InChI=1S/C29H27FN2O5S/c1-36-26-18-17-25(19-27(26)37-2)38(34,35)32(24-15-13-23(30)14-16-24)20-28(33)31-29(21-9-5-3-6-10-21)22-11-7-4-8-12-22/h3-19,29H,20H2,1-2H3,(H,31,33). The molecule has 0 saturated heterocycles. The summed E-state index contributed by atoms with van der Waals surface area (Å²) < 4.78 is 52.7. The molecule has 7 nitrogen and oxygen atoms in total. The molecule has 1 N–H and O–H groups in total. The molecule has 0 aromatic heterocycles. The van der Waals surface area contributed by atoms with Gasteiger partial charge in [0.05, 0.1) is 30.8 Å². The van der Waals surface area contributed by atoms with E-state index in [1.165, 1.54) is 44.6 Å². The number of ether oxygens (including phenoxy) is 2. The average molecular weight is 535 g/mol. The predicted molar refractivity (Wildman–Crippen MR) is 143 cm³/mol. The van der Waals surface area contributed by atoms with E-state index < -0.39 is 34.3 Å². The number of benzene rings is 4. The van der Waals surface area contributed by atoms with Crippen LogP contribution in [0.1, 0.15) is 17.2 Å². The Kier molecular flexibility index (Phi) is 8.28. The molecule has 4 rings (SSSR count). The minimum absolute atomic E-state index is 0.116. The van der Waals surface area contributed by atoms with Crippen LogP contribution in [0.2, 0.25) is 0 Å². The molecular weight excluding hydrogens is 507 g/mol. The van der Waals surface area contributed by atoms with Crippen molar-refractivity contribution in [2.24, 2.45) is 0 Å². The number of carbonyl (C=O) groups excluding carboxylic acids is 1. The summed E-state index contributed by atoms with van der Waals surface area (Å²) in [5.74, 6) is -0.512. The van der Waals surface area contributed by atoms with E-state index in [0.29, 0.717) is 5.75 Å². The van der Waals surface area contributed by atoms with E-state index in [1.54, 1.807) is 0 Å². The summed E-state index contributed by atoms with van der Waals surface area (Å²) >= 11 is 0. The van der Waals surface area contributed by atoms with Crippen molar-refractivity contribution in [3.05, 3.63) is 120 Å². The third-order valence-electron chi connectivity index (χ3n) is 5.92. The molecule has 0 saturated carbocycles. The molecule has 0 radical (unpaired) electrons. The summed E-state index contributed by atoms with van der Waals surface area (Å²) in [6.45, 7) is -0.543. The van der Waals surface area contributed by atoms with E-state index in [0.717, 1.165) is 27.6 Å². The minimum Gasteiger partial charge on any atom is -0.493 e. The predicted octanol–water partition coefficient (Wildman–Crippen LogP) is 4.94. The van der Waals surface area contributed by atoms with Crippen LogP contribution in [0.4, 0.5) is 10.1 Å². The van der Waals surface area contributed by atoms with Gasteiger partial charge >= 0.3 is 0 Å². The molecule has 0 heterocycles. The number of halogens is 1. The van der Waals surface area contributed by atoms with Crippen molar-refractivity contribution in [2.45, 2.75) is 10.9 Å². The Labute approximate surface area is 221 Å². The van der Waals surface area contributed by atoms with E-state index in [9.17, 15) is 17.6 Å². The average Bonchev–Trinajstić information content (AvgIpc) is 2.95. The lowest BCUT2D eigenvalue weighted by atomic mass is 9.99. The monoisotopic (exact) mass is 534 g/mol. The van der Waals surface area contributed by atoms with Crippen LogP contribution in [0, 0.1) is 5.82 Å². The molecule has 0 fully saturated rings. The maximum Gasteiger partial charge on any atom is 0.264 e. The Hall–Kier alpha value is -4.37. The Morgan fingerprint density at radius 1 is 0.816 bits per heavy atom. The molecule has 0 bridgehead atoms. The smallest absolute Gasteiger partial charge is 0.264 e. The number of methoxy groups -OCH3 is 2. The van der Waals surface area contributed by atoms with Gasteiger partial charge in [0.25, 0.3) is 10.0 Å². The van der Waals surface area contributed by atoms with E-state index in [2.05, 4.69) is 5.32 Å². The zero-order chi connectivity index (χ0) is 27.1. The first kappa shape index (κ1) is 26.7. The second-order valence-corrected chi connectivity index (χ2v) is 10.2. The Morgan fingerprint density at radius 3 is 1.89 bits per heavy atom. The number of rotatable bonds is 10. The zero-order valence-electron chi connectivity index (χ0n) is 20.9. The van der Waals surface area contributed by atoms with Crippen molar-refractivity contribution < 1.29 is 27.1 Å². The lowest BCUT2D eigenvalue weighted by Gasteiger charge is -2.26. The van der Waals surface area contributed by atoms with Gasteiger partial charge in [-0.15, -0.1) is 0 Å². The summed E-state index contributed by atoms with van der Waals surface area (Å²) in [4.78, 5) is 13.3. The van der Waals surface area contributed by atoms with Gasteiger partial charge in [-0.05, 0) is 47.5 Å². The highest BCUT2D eigenvalue weighted by atomic mass is 32.2. The highest BCUT2D eigenvalue weighted by molar-refractivity contribution is 7.92. The molecule has 196 valence electrons. The first-order valence-corrected chi connectivity index (χ1v) is 13.2. The van der Waals surface area contributed by atoms with Gasteiger partial charge in [0, 0.05) is 6.07 Å². The quantitative estimate of drug-likeness (QED) is 0.311. The first-order valence-electron chi connectivity index (χ1n) is 11.7. The maximum atomic E-state index is 13.8. The Bertz CT molecular complexity index is 1440. The highest BCUT2D eigenvalue weighted by Gasteiger charge is 2.29. The number of amides is 1. The largest absolute Gasteiger partial charge is 0.493 e. The first-order chi connectivity index (χ1) is 18.3. The molecule has 0 aliphatic heterocycles. The number of nitrogens with one attached hydrogen (secondary N) is 1. The van der Waals surface area contributed by atoms with Crippen LogP contribution in [0.15, 0.2) is 108 Å². The molecule has 0 unspecified atom stereocenters. The van der Waals surface area contributed by atoms with Crippen LogP contribution >= 0.6 is 0 Å². The molecule has 0 spiro atoms. The van der Waals surface area contributed by atoms with E-state index in [4.69, 9.17) is 9.47 Å². The third-order valence-corrected chi connectivity index (χ3v) is 7.69. The van der Waals surface area contributed by atoms with Crippen molar-refractivity contribution in [2.75, 3.05) is 25.1 Å². The molecule has 4 aromatic rings. The molecule has 0 aliphatic carbocycles. The van der Waals surface area contributed by atoms with Gasteiger partial charge in [-0.25, -0.2) is 12.8 Å². The van der Waals surface area contributed by atoms with Crippen molar-refractivity contribution >= 4 is 21.6 Å². The van der Waals surface area contributed by atoms with Crippen LogP contribution in [0.3, 0.4) is 0 Å². The van der Waals surface area contributed by atoms with Gasteiger partial charge in [-0.2, -0.15) is 0 Å². The molecule has 1 amide bonds. The van der Waals surface area contributed by atoms with Crippen molar-refractivity contribution in [3.8, 4) is 11.5 Å². The summed E-state index contributed by atoms with van der Waals surface area (Å²) in [5.41, 5.74) is 1.80. The summed E-state index contributed by atoms with van der Waals surface area (Å²) in [6, 6.07) is 27.3. The Morgan fingerprint density at radius 2 is 1.37 bits per heavy atom. The van der Waals surface area contributed by atoms with Gasteiger partial charge in [-0.3, -0.25) is 9.10 Å². The van der Waals surface area contributed by atoms with E-state index >= 15 is 0 Å². The number of hydrogen-bond acceptors (Lipinski definition) is 5. The lowest BCUT2D eigenvalue weighted by molar-refractivity contribution is -0.120. The molecule has 4 aromatic carbocycles. The van der Waals surface area contributed by atoms with Crippen LogP contribution in [-0.4, -0.2) is 35.1 Å². The topological polar surface area (TPSA) is 84.9 Å². The van der Waals surface area contributed by atoms with E-state index in [-0.39, 0.29) is 16.3 Å². The zero-order valence-corrected chi connectivity index (χ0v) is 21.7. The number of sulfonamides is 1. The molecule has 0 aliphatic rings. The second-order valence-electron chi connectivity index (χ2n) is 8.33. The SMILES string of the molecule is COc1ccc(S(=O)(=O)N(CC(=O)NC(c2ccccc2)c2ccccc2)c2ccc(F)cc2)cc1OC. The van der Waals surface area contributed by atoms with E-state index in [1.807, 2.05) is 60.7 Å². The summed E-state index contributed by atoms with van der Waals surface area (Å²) in [5, 5.41) is 2.96. The molecular formula is C29H27FN2O5S. The molecule has 0 atom stereocenters. The number of hydrogen-bond donors (Lipinski definition) is 1. The fraction of sp³-hybridized carbons (Fsp3) is 0.138.